The smallest absolute Gasteiger partial charge is 0.261 e. The second-order valence-corrected chi connectivity index (χ2v) is 10.8. The van der Waals surface area contributed by atoms with E-state index in [1.165, 1.54) is 11.3 Å². The molecule has 170 valence electrons. The van der Waals surface area contributed by atoms with Gasteiger partial charge in [0.1, 0.15) is 0 Å². The van der Waals surface area contributed by atoms with Crippen molar-refractivity contribution in [2.45, 2.75) is 44.7 Å². The summed E-state index contributed by atoms with van der Waals surface area (Å²) in [5, 5.41) is 2.95. The minimum Gasteiger partial charge on any atom is -0.346 e. The number of halogens is 1. The normalized spacial score (nSPS) is 20.8. The Morgan fingerprint density at radius 2 is 2.09 bits per heavy atom. The molecule has 1 unspecified atom stereocenters. The van der Waals surface area contributed by atoms with E-state index >= 15 is 0 Å². The molecule has 0 saturated carbocycles. The van der Waals surface area contributed by atoms with E-state index in [4.69, 9.17) is 5.73 Å². The number of anilines is 1. The molecule has 2 aliphatic rings. The molecule has 4 rings (SSSR count). The van der Waals surface area contributed by atoms with E-state index in [0.29, 0.717) is 23.5 Å². The molecule has 9 heteroatoms. The topological polar surface area (TPSA) is 95.7 Å². The fraction of sp³-hybridized carbons (Fsp3) is 0.435. The monoisotopic (exact) mass is 518 g/mol. The zero-order valence-corrected chi connectivity index (χ0v) is 20.4. The standard InChI is InChI=1S/C23H27BrN4O3S/c1-14-11-17(4-5-18(14)23(31)27-10-2-3-16(27)8-9-25)28-13-15(12-21(28)29)26-22(30)19-6-7-20(24)32-19/h4-7,11,15-16H,2-3,8-10,12-13,25H2,1H3,(H,26,30)/t15?,16-/m0/s1. The van der Waals surface area contributed by atoms with Crippen LogP contribution in [0.4, 0.5) is 5.69 Å². The lowest BCUT2D eigenvalue weighted by atomic mass is 10.0. The fourth-order valence-electron chi connectivity index (χ4n) is 4.55. The molecule has 0 spiro atoms. The van der Waals surface area contributed by atoms with Crippen molar-refractivity contribution in [2.75, 3.05) is 24.5 Å². The number of carbonyl (C=O) groups excluding carboxylic acids is 3. The van der Waals surface area contributed by atoms with Crippen molar-refractivity contribution in [2.24, 2.45) is 5.73 Å². The quantitative estimate of drug-likeness (QED) is 0.612. The third-order valence-electron chi connectivity index (χ3n) is 6.15. The molecule has 0 radical (unpaired) electrons. The molecule has 1 aromatic carbocycles. The summed E-state index contributed by atoms with van der Waals surface area (Å²) in [6.45, 7) is 3.65. The highest BCUT2D eigenvalue weighted by Gasteiger charge is 2.33. The first-order valence-corrected chi connectivity index (χ1v) is 12.5. The van der Waals surface area contributed by atoms with Gasteiger partial charge >= 0.3 is 0 Å². The fourth-order valence-corrected chi connectivity index (χ4v) is 5.84. The van der Waals surface area contributed by atoms with Crippen LogP contribution in [-0.4, -0.2) is 54.3 Å². The molecule has 32 heavy (non-hydrogen) atoms. The predicted molar refractivity (Wildman–Crippen MR) is 129 cm³/mol. The molecule has 2 aromatic rings. The van der Waals surface area contributed by atoms with Gasteiger partial charge in [-0.3, -0.25) is 14.4 Å². The Morgan fingerprint density at radius 1 is 1.28 bits per heavy atom. The lowest BCUT2D eigenvalue weighted by Crippen LogP contribution is -2.37. The summed E-state index contributed by atoms with van der Waals surface area (Å²) in [7, 11) is 0. The average molecular weight is 519 g/mol. The average Bonchev–Trinajstić information content (AvgIpc) is 3.48. The molecule has 3 N–H and O–H groups in total. The molecule has 0 aliphatic carbocycles. The van der Waals surface area contributed by atoms with Gasteiger partial charge in [-0.1, -0.05) is 0 Å². The van der Waals surface area contributed by atoms with Crippen LogP contribution in [0.15, 0.2) is 34.1 Å². The minimum absolute atomic E-state index is 0.0324. The second-order valence-electron chi connectivity index (χ2n) is 8.35. The van der Waals surface area contributed by atoms with Gasteiger partial charge in [-0.05, 0) is 84.6 Å². The number of carbonyl (C=O) groups is 3. The van der Waals surface area contributed by atoms with Crippen LogP contribution in [0.25, 0.3) is 0 Å². The molecule has 0 bridgehead atoms. The summed E-state index contributed by atoms with van der Waals surface area (Å²) < 4.78 is 0.889. The first-order valence-electron chi connectivity index (χ1n) is 10.9. The van der Waals surface area contributed by atoms with E-state index in [-0.39, 0.29) is 36.2 Å². The zero-order chi connectivity index (χ0) is 22.8. The van der Waals surface area contributed by atoms with Gasteiger partial charge in [0.2, 0.25) is 5.91 Å². The highest BCUT2D eigenvalue weighted by molar-refractivity contribution is 9.11. The van der Waals surface area contributed by atoms with Gasteiger partial charge in [0.15, 0.2) is 0 Å². The Hall–Kier alpha value is -2.23. The summed E-state index contributed by atoms with van der Waals surface area (Å²) in [4.78, 5) is 42.4. The van der Waals surface area contributed by atoms with Crippen LogP contribution in [0.2, 0.25) is 0 Å². The van der Waals surface area contributed by atoms with Gasteiger partial charge in [0.05, 0.1) is 14.7 Å². The number of aryl methyl sites for hydroxylation is 1. The summed E-state index contributed by atoms with van der Waals surface area (Å²) >= 11 is 4.72. The van der Waals surface area contributed by atoms with Crippen LogP contribution in [0.5, 0.6) is 0 Å². The first kappa shape index (κ1) is 22.9. The molecule has 2 atom stereocenters. The van der Waals surface area contributed by atoms with Crippen LogP contribution in [-0.2, 0) is 4.79 Å². The summed E-state index contributed by atoms with van der Waals surface area (Å²) in [6.07, 6.45) is 3.08. The molecule has 7 nitrogen and oxygen atoms in total. The van der Waals surface area contributed by atoms with Crippen molar-refractivity contribution in [3.63, 3.8) is 0 Å². The first-order chi connectivity index (χ1) is 15.4. The molecule has 3 amide bonds. The van der Waals surface area contributed by atoms with E-state index in [1.54, 1.807) is 11.0 Å². The number of hydrogen-bond acceptors (Lipinski definition) is 5. The van der Waals surface area contributed by atoms with Crippen molar-refractivity contribution >= 4 is 50.7 Å². The lowest BCUT2D eigenvalue weighted by Gasteiger charge is -2.26. The van der Waals surface area contributed by atoms with E-state index < -0.39 is 0 Å². The Kier molecular flexibility index (Phi) is 6.97. The van der Waals surface area contributed by atoms with Crippen molar-refractivity contribution in [3.8, 4) is 0 Å². The number of hydrogen-bond donors (Lipinski definition) is 2. The molecule has 2 saturated heterocycles. The van der Waals surface area contributed by atoms with Crippen molar-refractivity contribution in [3.05, 3.63) is 50.1 Å². The van der Waals surface area contributed by atoms with Crippen molar-refractivity contribution in [1.29, 1.82) is 0 Å². The maximum absolute atomic E-state index is 13.1. The summed E-state index contributed by atoms with van der Waals surface area (Å²) in [5.74, 6) is -0.177. The largest absolute Gasteiger partial charge is 0.346 e. The molecule has 2 fully saturated rings. The lowest BCUT2D eigenvalue weighted by molar-refractivity contribution is -0.117. The number of benzene rings is 1. The maximum atomic E-state index is 13.1. The highest BCUT2D eigenvalue weighted by atomic mass is 79.9. The summed E-state index contributed by atoms with van der Waals surface area (Å²) in [6, 6.07) is 9.08. The predicted octanol–water partition coefficient (Wildman–Crippen LogP) is 3.31. The Labute approximate surface area is 200 Å². The van der Waals surface area contributed by atoms with Gasteiger partial charge in [0.25, 0.3) is 11.8 Å². The number of nitrogens with two attached hydrogens (primary N) is 1. The van der Waals surface area contributed by atoms with Crippen LogP contribution in [0.1, 0.15) is 51.3 Å². The minimum atomic E-state index is -0.251. The van der Waals surface area contributed by atoms with Crippen LogP contribution >= 0.6 is 27.3 Å². The van der Waals surface area contributed by atoms with Crippen LogP contribution < -0.4 is 16.0 Å². The Morgan fingerprint density at radius 3 is 2.78 bits per heavy atom. The van der Waals surface area contributed by atoms with Crippen molar-refractivity contribution in [1.82, 2.24) is 10.2 Å². The molecular formula is C23H27BrN4O3S. The van der Waals surface area contributed by atoms with Crippen molar-refractivity contribution < 1.29 is 14.4 Å². The highest BCUT2D eigenvalue weighted by Crippen LogP contribution is 2.28. The Balaban J connectivity index is 1.44. The maximum Gasteiger partial charge on any atom is 0.261 e. The zero-order valence-electron chi connectivity index (χ0n) is 18.0. The third-order valence-corrected chi connectivity index (χ3v) is 7.77. The molecule has 2 aliphatic heterocycles. The van der Waals surface area contributed by atoms with Crippen LogP contribution in [0.3, 0.4) is 0 Å². The second kappa shape index (κ2) is 9.72. The molecular weight excluding hydrogens is 492 g/mol. The third kappa shape index (κ3) is 4.74. The number of likely N-dealkylation sites (tertiary alicyclic amines) is 1. The Bertz CT molecular complexity index is 1040. The van der Waals surface area contributed by atoms with Gasteiger partial charge in [-0.15, -0.1) is 11.3 Å². The van der Waals surface area contributed by atoms with E-state index in [1.807, 2.05) is 36.1 Å². The van der Waals surface area contributed by atoms with Gasteiger partial charge in [-0.25, -0.2) is 0 Å². The van der Waals surface area contributed by atoms with Crippen LogP contribution in [0, 0.1) is 6.92 Å². The van der Waals surface area contributed by atoms with Gasteiger partial charge < -0.3 is 20.9 Å². The number of rotatable bonds is 6. The van der Waals surface area contributed by atoms with E-state index in [9.17, 15) is 14.4 Å². The number of nitrogens with zero attached hydrogens (tertiary/aromatic N) is 2. The molecule has 3 heterocycles. The number of thiophene rings is 1. The van der Waals surface area contributed by atoms with E-state index in [2.05, 4.69) is 21.2 Å². The molecule has 1 aromatic heterocycles. The van der Waals surface area contributed by atoms with Gasteiger partial charge in [-0.2, -0.15) is 0 Å². The number of nitrogens with one attached hydrogen (secondary N) is 1. The van der Waals surface area contributed by atoms with Gasteiger partial charge in [0, 0.05) is 36.8 Å². The number of amides is 3. The van der Waals surface area contributed by atoms with E-state index in [0.717, 1.165) is 40.8 Å². The SMILES string of the molecule is Cc1cc(N2CC(NC(=O)c3ccc(Br)s3)CC2=O)ccc1C(=O)N1CCC[C@H]1CCN. The summed E-state index contributed by atoms with van der Waals surface area (Å²) in [5.41, 5.74) is 7.97.